The van der Waals surface area contributed by atoms with Crippen LogP contribution in [0.15, 0.2) is 53.5 Å². The first-order valence-electron chi connectivity index (χ1n) is 8.22. The predicted octanol–water partition coefficient (Wildman–Crippen LogP) is 4.28. The lowest BCUT2D eigenvalue weighted by atomic mass is 10.1. The van der Waals surface area contributed by atoms with Crippen molar-refractivity contribution in [1.82, 2.24) is 4.57 Å². The molecular formula is C20H17F3N2O2. The Morgan fingerprint density at radius 2 is 1.74 bits per heavy atom. The summed E-state index contributed by atoms with van der Waals surface area (Å²) in [6.07, 6.45) is -2.89. The van der Waals surface area contributed by atoms with Gasteiger partial charge in [-0.1, -0.05) is 6.07 Å². The van der Waals surface area contributed by atoms with E-state index in [1.54, 1.807) is 4.57 Å². The average Bonchev–Trinajstić information content (AvgIpc) is 2.56. The van der Waals surface area contributed by atoms with Crippen LogP contribution in [-0.2, 0) is 17.5 Å². The molecule has 1 amide bonds. The quantitative estimate of drug-likeness (QED) is 0.744. The Hall–Kier alpha value is -3.09. The third-order valence-corrected chi connectivity index (χ3v) is 4.23. The molecule has 1 aromatic heterocycles. The summed E-state index contributed by atoms with van der Waals surface area (Å²) in [6, 6.07) is 9.37. The number of alkyl halides is 3. The van der Waals surface area contributed by atoms with Crippen molar-refractivity contribution in [3.63, 3.8) is 0 Å². The van der Waals surface area contributed by atoms with Crippen molar-refractivity contribution in [2.75, 3.05) is 5.32 Å². The third kappa shape index (κ3) is 4.02. The van der Waals surface area contributed by atoms with Gasteiger partial charge < -0.3 is 9.88 Å². The van der Waals surface area contributed by atoms with Gasteiger partial charge >= 0.3 is 6.18 Å². The van der Waals surface area contributed by atoms with Crippen molar-refractivity contribution < 1.29 is 18.0 Å². The van der Waals surface area contributed by atoms with Gasteiger partial charge in [-0.25, -0.2) is 0 Å². The van der Waals surface area contributed by atoms with Crippen LogP contribution in [0.25, 0.3) is 10.9 Å². The molecule has 4 nitrogen and oxygen atoms in total. The summed E-state index contributed by atoms with van der Waals surface area (Å²) in [5.74, 6) is -0.404. The van der Waals surface area contributed by atoms with Crippen molar-refractivity contribution >= 4 is 22.5 Å². The number of rotatable bonds is 3. The second kappa shape index (κ2) is 6.90. The van der Waals surface area contributed by atoms with E-state index >= 15 is 0 Å². The summed E-state index contributed by atoms with van der Waals surface area (Å²) < 4.78 is 39.4. The topological polar surface area (TPSA) is 51.1 Å². The van der Waals surface area contributed by atoms with E-state index in [9.17, 15) is 22.8 Å². The van der Waals surface area contributed by atoms with Crippen LogP contribution in [0.5, 0.6) is 0 Å². The number of nitrogens with zero attached hydrogens (tertiary/aromatic N) is 1. The molecule has 27 heavy (non-hydrogen) atoms. The summed E-state index contributed by atoms with van der Waals surface area (Å²) in [5.41, 5.74) is 1.79. The van der Waals surface area contributed by atoms with Crippen molar-refractivity contribution in [3.8, 4) is 0 Å². The fraction of sp³-hybridized carbons (Fsp3) is 0.200. The zero-order valence-corrected chi connectivity index (χ0v) is 14.7. The van der Waals surface area contributed by atoms with Crippen LogP contribution in [0.4, 0.5) is 18.9 Å². The van der Waals surface area contributed by atoms with Gasteiger partial charge in [0.05, 0.1) is 11.1 Å². The molecule has 0 saturated carbocycles. The van der Waals surface area contributed by atoms with Crippen LogP contribution in [0.3, 0.4) is 0 Å². The number of aromatic nitrogens is 1. The number of anilines is 1. The molecule has 140 valence electrons. The number of carbonyl (C=O) groups excluding carboxylic acids is 1. The minimum atomic E-state index is -4.42. The van der Waals surface area contributed by atoms with E-state index in [0.29, 0.717) is 10.9 Å². The maximum Gasteiger partial charge on any atom is 0.416 e. The molecule has 3 rings (SSSR count). The van der Waals surface area contributed by atoms with E-state index in [-0.39, 0.29) is 17.7 Å². The fourth-order valence-corrected chi connectivity index (χ4v) is 3.05. The van der Waals surface area contributed by atoms with E-state index in [1.807, 2.05) is 26.0 Å². The number of benzene rings is 2. The van der Waals surface area contributed by atoms with Gasteiger partial charge in [-0.15, -0.1) is 0 Å². The monoisotopic (exact) mass is 374 g/mol. The smallest absolute Gasteiger partial charge is 0.338 e. The highest BCUT2D eigenvalue weighted by Crippen LogP contribution is 2.29. The fourth-order valence-electron chi connectivity index (χ4n) is 3.05. The van der Waals surface area contributed by atoms with E-state index in [0.717, 1.165) is 23.3 Å². The lowest BCUT2D eigenvalue weighted by molar-refractivity contribution is -0.137. The van der Waals surface area contributed by atoms with Crippen molar-refractivity contribution in [1.29, 1.82) is 0 Å². The zero-order valence-electron chi connectivity index (χ0n) is 14.7. The molecule has 0 bridgehead atoms. The molecule has 0 radical (unpaired) electrons. The number of pyridine rings is 1. The largest absolute Gasteiger partial charge is 0.416 e. The van der Waals surface area contributed by atoms with Gasteiger partial charge in [0.15, 0.2) is 5.43 Å². The molecular weight excluding hydrogens is 357 g/mol. The Morgan fingerprint density at radius 3 is 2.37 bits per heavy atom. The highest BCUT2D eigenvalue weighted by molar-refractivity contribution is 5.92. The maximum atomic E-state index is 12.6. The van der Waals surface area contributed by atoms with Gasteiger partial charge in [-0.2, -0.15) is 13.2 Å². The SMILES string of the molecule is Cc1cc(C)c2c(=O)ccn(CC(=O)Nc3ccc(C(F)(F)F)cc3)c2c1. The van der Waals surface area contributed by atoms with Crippen LogP contribution in [-0.4, -0.2) is 10.5 Å². The summed E-state index contributed by atoms with van der Waals surface area (Å²) in [6.45, 7) is 3.67. The number of hydrogen-bond donors (Lipinski definition) is 1. The molecule has 0 fully saturated rings. The summed E-state index contributed by atoms with van der Waals surface area (Å²) in [7, 11) is 0. The Balaban J connectivity index is 1.84. The van der Waals surface area contributed by atoms with Gasteiger partial charge in [0.2, 0.25) is 5.91 Å². The summed E-state index contributed by atoms with van der Waals surface area (Å²) in [5, 5.41) is 3.12. The molecule has 0 aliphatic heterocycles. The van der Waals surface area contributed by atoms with E-state index in [1.165, 1.54) is 24.4 Å². The van der Waals surface area contributed by atoms with E-state index < -0.39 is 17.6 Å². The lowest BCUT2D eigenvalue weighted by Crippen LogP contribution is -2.20. The number of hydrogen-bond acceptors (Lipinski definition) is 2. The Labute approximate surface area is 153 Å². The number of halogens is 3. The van der Waals surface area contributed by atoms with Gasteiger partial charge in [0.25, 0.3) is 0 Å². The van der Waals surface area contributed by atoms with Crippen LogP contribution in [0.1, 0.15) is 16.7 Å². The van der Waals surface area contributed by atoms with Gasteiger partial charge in [-0.05, 0) is 55.3 Å². The predicted molar refractivity (Wildman–Crippen MR) is 97.8 cm³/mol. The van der Waals surface area contributed by atoms with Gasteiger partial charge in [-0.3, -0.25) is 9.59 Å². The first-order valence-corrected chi connectivity index (χ1v) is 8.22. The second-order valence-corrected chi connectivity index (χ2v) is 6.41. The van der Waals surface area contributed by atoms with Crippen molar-refractivity contribution in [2.24, 2.45) is 0 Å². The van der Waals surface area contributed by atoms with Crippen LogP contribution < -0.4 is 10.7 Å². The minimum absolute atomic E-state index is 0.0688. The highest BCUT2D eigenvalue weighted by atomic mass is 19.4. The molecule has 0 saturated heterocycles. The van der Waals surface area contributed by atoms with Gasteiger partial charge in [0.1, 0.15) is 6.54 Å². The number of nitrogens with one attached hydrogen (secondary N) is 1. The second-order valence-electron chi connectivity index (χ2n) is 6.41. The first kappa shape index (κ1) is 18.7. The van der Waals surface area contributed by atoms with Crippen LogP contribution in [0.2, 0.25) is 0 Å². The van der Waals surface area contributed by atoms with Crippen LogP contribution >= 0.6 is 0 Å². The maximum absolute atomic E-state index is 12.6. The lowest BCUT2D eigenvalue weighted by Gasteiger charge is -2.13. The molecule has 3 aromatic rings. The molecule has 1 heterocycles. The number of aryl methyl sites for hydroxylation is 2. The first-order chi connectivity index (χ1) is 12.6. The standard InChI is InChI=1S/C20H17F3N2O2/c1-12-9-13(2)19-16(10-12)25(8-7-17(19)26)11-18(27)24-15-5-3-14(4-6-15)20(21,22)23/h3-10H,11H2,1-2H3,(H,24,27). The molecule has 7 heteroatoms. The van der Waals surface area contributed by atoms with Crippen molar-refractivity contribution in [2.45, 2.75) is 26.6 Å². The molecule has 0 spiro atoms. The highest BCUT2D eigenvalue weighted by Gasteiger charge is 2.29. The van der Waals surface area contributed by atoms with E-state index in [2.05, 4.69) is 5.32 Å². The normalized spacial score (nSPS) is 11.6. The average molecular weight is 374 g/mol. The molecule has 0 atom stereocenters. The number of carbonyl (C=O) groups is 1. The van der Waals surface area contributed by atoms with Gasteiger partial charge in [0, 0.05) is 23.3 Å². The molecule has 0 aliphatic rings. The Bertz CT molecular complexity index is 1070. The molecule has 2 aromatic carbocycles. The Kier molecular flexibility index (Phi) is 4.78. The third-order valence-electron chi connectivity index (χ3n) is 4.23. The van der Waals surface area contributed by atoms with Crippen molar-refractivity contribution in [3.05, 3.63) is 75.6 Å². The molecule has 0 aliphatic carbocycles. The Morgan fingerprint density at radius 1 is 1.07 bits per heavy atom. The summed E-state index contributed by atoms with van der Waals surface area (Å²) in [4.78, 5) is 24.5. The van der Waals surface area contributed by atoms with E-state index in [4.69, 9.17) is 0 Å². The zero-order chi connectivity index (χ0) is 19.8. The minimum Gasteiger partial charge on any atom is -0.338 e. The summed E-state index contributed by atoms with van der Waals surface area (Å²) >= 11 is 0. The van der Waals surface area contributed by atoms with Crippen LogP contribution in [0, 0.1) is 13.8 Å². The number of amides is 1. The molecule has 1 N–H and O–H groups in total. The number of fused-ring (bicyclic) bond motifs is 1. The molecule has 0 unspecified atom stereocenters.